The molecule has 1 aromatic carbocycles. The van der Waals surface area contributed by atoms with Crippen molar-refractivity contribution >= 4 is 34.3 Å². The van der Waals surface area contributed by atoms with Crippen LogP contribution in [0.3, 0.4) is 0 Å². The molecular formula is C22H29ClN4O2. The molecule has 0 radical (unpaired) electrons. The summed E-state index contributed by atoms with van der Waals surface area (Å²) in [6.07, 6.45) is 7.42. The van der Waals surface area contributed by atoms with Crippen LogP contribution in [0.1, 0.15) is 62.4 Å². The summed E-state index contributed by atoms with van der Waals surface area (Å²) >= 11 is 6.27. The summed E-state index contributed by atoms with van der Waals surface area (Å²) < 4.78 is 0. The minimum absolute atomic E-state index is 0.0599. The van der Waals surface area contributed by atoms with Crippen LogP contribution >= 0.6 is 11.6 Å². The molecule has 4 rings (SSSR count). The molecule has 1 unspecified atom stereocenters. The Kier molecular flexibility index (Phi) is 5.83. The molecule has 2 heterocycles. The molecule has 0 bridgehead atoms. The molecule has 7 heteroatoms. The second kappa shape index (κ2) is 8.36. The first-order chi connectivity index (χ1) is 14.0. The number of hydrogen-bond donors (Lipinski definition) is 3. The zero-order chi connectivity index (χ0) is 20.4. The third-order valence-corrected chi connectivity index (χ3v) is 6.72. The van der Waals surface area contributed by atoms with Crippen molar-refractivity contribution in [1.29, 1.82) is 0 Å². The summed E-state index contributed by atoms with van der Waals surface area (Å²) in [7, 11) is 0. The van der Waals surface area contributed by atoms with Crippen molar-refractivity contribution in [2.75, 3.05) is 13.1 Å². The molecular weight excluding hydrogens is 388 g/mol. The summed E-state index contributed by atoms with van der Waals surface area (Å²) in [5.41, 5.74) is 7.08. The molecule has 3 N–H and O–H groups in total. The average Bonchev–Trinajstić information content (AvgIpc) is 3.31. The summed E-state index contributed by atoms with van der Waals surface area (Å²) in [6, 6.07) is 6.98. The second-order valence-corrected chi connectivity index (χ2v) is 8.92. The Morgan fingerprint density at radius 1 is 1.28 bits per heavy atom. The van der Waals surface area contributed by atoms with Gasteiger partial charge in [0.05, 0.1) is 10.5 Å². The number of aromatic amines is 1. The molecule has 1 saturated heterocycles. The van der Waals surface area contributed by atoms with Gasteiger partial charge in [-0.1, -0.05) is 49.9 Å². The van der Waals surface area contributed by atoms with Crippen molar-refractivity contribution < 1.29 is 9.59 Å². The van der Waals surface area contributed by atoms with E-state index in [1.54, 1.807) is 11.0 Å². The van der Waals surface area contributed by atoms with Crippen molar-refractivity contribution in [2.24, 2.45) is 5.41 Å². The fourth-order valence-electron chi connectivity index (χ4n) is 4.92. The average molecular weight is 417 g/mol. The number of nitrogens with zero attached hydrogens (tertiary/aromatic N) is 1. The van der Waals surface area contributed by atoms with Gasteiger partial charge in [-0.2, -0.15) is 0 Å². The summed E-state index contributed by atoms with van der Waals surface area (Å²) in [6.45, 7) is 3.39. The predicted octanol–water partition coefficient (Wildman–Crippen LogP) is 4.02. The van der Waals surface area contributed by atoms with E-state index in [9.17, 15) is 9.59 Å². The number of carbonyl (C=O) groups excluding carboxylic acids is 2. The van der Waals surface area contributed by atoms with Gasteiger partial charge in [-0.15, -0.1) is 0 Å². The Hall–Kier alpha value is -2.05. The van der Waals surface area contributed by atoms with E-state index in [4.69, 9.17) is 11.6 Å². The molecule has 1 spiro atoms. The van der Waals surface area contributed by atoms with Crippen LogP contribution in [0.4, 0.5) is 0 Å². The van der Waals surface area contributed by atoms with E-state index in [-0.39, 0.29) is 17.2 Å². The lowest BCUT2D eigenvalue weighted by atomic mass is 9.72. The standard InChI is InChI=1S/C22H29ClN4O2/c1-2-11-24-26-20(28)18-13-22(9-4-3-5-10-22)14-27(18)21(29)17-12-15-7-6-8-16(23)19(15)25-17/h6-8,12,18,24-25H,2-5,9-11,13-14H2,1H3,(H,26,28). The van der Waals surface area contributed by atoms with Gasteiger partial charge in [0.25, 0.3) is 11.8 Å². The Morgan fingerprint density at radius 2 is 2.07 bits per heavy atom. The lowest BCUT2D eigenvalue weighted by Crippen LogP contribution is -2.50. The third kappa shape index (κ3) is 4.01. The highest BCUT2D eigenvalue weighted by atomic mass is 35.5. The SMILES string of the molecule is CCCNNC(=O)C1CC2(CCCCC2)CN1C(=O)c1cc2cccc(Cl)c2[nH]1. The number of benzene rings is 1. The maximum atomic E-state index is 13.4. The quantitative estimate of drug-likeness (QED) is 0.509. The number of para-hydroxylation sites is 1. The highest BCUT2D eigenvalue weighted by molar-refractivity contribution is 6.35. The number of fused-ring (bicyclic) bond motifs is 1. The van der Waals surface area contributed by atoms with Crippen LogP contribution < -0.4 is 10.9 Å². The molecule has 1 saturated carbocycles. The smallest absolute Gasteiger partial charge is 0.271 e. The Morgan fingerprint density at radius 3 is 2.79 bits per heavy atom. The van der Waals surface area contributed by atoms with Crippen LogP contribution in [0, 0.1) is 5.41 Å². The van der Waals surface area contributed by atoms with E-state index < -0.39 is 6.04 Å². The molecule has 1 atom stereocenters. The fourth-order valence-corrected chi connectivity index (χ4v) is 5.14. The number of rotatable bonds is 5. The highest BCUT2D eigenvalue weighted by Crippen LogP contribution is 2.46. The van der Waals surface area contributed by atoms with Gasteiger partial charge in [0.15, 0.2) is 0 Å². The van der Waals surface area contributed by atoms with Crippen LogP contribution in [0.15, 0.2) is 24.3 Å². The van der Waals surface area contributed by atoms with E-state index in [0.717, 1.165) is 36.6 Å². The molecule has 1 aliphatic heterocycles. The summed E-state index contributed by atoms with van der Waals surface area (Å²) in [5, 5.41) is 1.49. The monoisotopic (exact) mass is 416 g/mol. The third-order valence-electron chi connectivity index (χ3n) is 6.41. The van der Waals surface area contributed by atoms with Gasteiger partial charge in [0.1, 0.15) is 11.7 Å². The van der Waals surface area contributed by atoms with E-state index >= 15 is 0 Å². The van der Waals surface area contributed by atoms with Gasteiger partial charge in [-0.3, -0.25) is 15.0 Å². The predicted molar refractivity (Wildman–Crippen MR) is 115 cm³/mol. The summed E-state index contributed by atoms with van der Waals surface area (Å²) in [5.74, 6) is -0.251. The van der Waals surface area contributed by atoms with Gasteiger partial charge in [0.2, 0.25) is 0 Å². The largest absolute Gasteiger partial charge is 0.349 e. The number of H-pyrrole nitrogens is 1. The van der Waals surface area contributed by atoms with Crippen molar-refractivity contribution in [3.63, 3.8) is 0 Å². The van der Waals surface area contributed by atoms with E-state index in [0.29, 0.717) is 23.8 Å². The molecule has 2 aromatic rings. The molecule has 2 amide bonds. The molecule has 29 heavy (non-hydrogen) atoms. The molecule has 1 aliphatic carbocycles. The van der Waals surface area contributed by atoms with E-state index in [1.165, 1.54) is 19.3 Å². The second-order valence-electron chi connectivity index (χ2n) is 8.52. The minimum Gasteiger partial charge on any atom is -0.349 e. The lowest BCUT2D eigenvalue weighted by Gasteiger charge is -2.32. The number of amides is 2. The normalized spacial score (nSPS) is 21.0. The number of hydrogen-bond acceptors (Lipinski definition) is 3. The van der Waals surface area contributed by atoms with Crippen LogP contribution in [-0.4, -0.2) is 40.8 Å². The van der Waals surface area contributed by atoms with Crippen molar-refractivity contribution in [2.45, 2.75) is 57.9 Å². The Labute approximate surface area is 176 Å². The minimum atomic E-state index is -0.452. The first-order valence-electron chi connectivity index (χ1n) is 10.6. The van der Waals surface area contributed by atoms with E-state index in [2.05, 4.69) is 15.8 Å². The van der Waals surface area contributed by atoms with Crippen molar-refractivity contribution in [1.82, 2.24) is 20.7 Å². The first-order valence-corrected chi connectivity index (χ1v) is 11.0. The Bertz CT molecular complexity index is 903. The summed E-state index contributed by atoms with van der Waals surface area (Å²) in [4.78, 5) is 31.3. The maximum Gasteiger partial charge on any atom is 0.271 e. The zero-order valence-corrected chi connectivity index (χ0v) is 17.6. The highest BCUT2D eigenvalue weighted by Gasteiger charge is 2.49. The Balaban J connectivity index is 1.60. The number of halogens is 1. The van der Waals surface area contributed by atoms with Crippen molar-refractivity contribution in [3.8, 4) is 0 Å². The number of carbonyl (C=O) groups is 2. The van der Waals surface area contributed by atoms with Gasteiger partial charge in [-0.25, -0.2) is 5.43 Å². The van der Waals surface area contributed by atoms with Crippen LogP contribution in [-0.2, 0) is 4.79 Å². The van der Waals surface area contributed by atoms with E-state index in [1.807, 2.05) is 25.1 Å². The zero-order valence-electron chi connectivity index (χ0n) is 16.9. The molecule has 2 fully saturated rings. The van der Waals surface area contributed by atoms with Crippen LogP contribution in [0.2, 0.25) is 5.02 Å². The molecule has 2 aliphatic rings. The number of aromatic nitrogens is 1. The topological polar surface area (TPSA) is 77.2 Å². The number of likely N-dealkylation sites (tertiary alicyclic amines) is 1. The molecule has 1 aromatic heterocycles. The van der Waals surface area contributed by atoms with Crippen molar-refractivity contribution in [3.05, 3.63) is 35.0 Å². The van der Waals surface area contributed by atoms with Gasteiger partial charge in [0, 0.05) is 18.5 Å². The van der Waals surface area contributed by atoms with Gasteiger partial charge >= 0.3 is 0 Å². The fraction of sp³-hybridized carbons (Fsp3) is 0.545. The number of nitrogens with one attached hydrogen (secondary N) is 3. The van der Waals surface area contributed by atoms with Gasteiger partial charge < -0.3 is 9.88 Å². The van der Waals surface area contributed by atoms with Gasteiger partial charge in [-0.05, 0) is 43.2 Å². The number of hydrazine groups is 1. The lowest BCUT2D eigenvalue weighted by molar-refractivity contribution is -0.125. The maximum absolute atomic E-state index is 13.4. The molecule has 6 nitrogen and oxygen atoms in total. The molecule has 156 valence electrons. The van der Waals surface area contributed by atoms with Crippen LogP contribution in [0.25, 0.3) is 10.9 Å². The van der Waals surface area contributed by atoms with Crippen LogP contribution in [0.5, 0.6) is 0 Å². The first kappa shape index (κ1) is 20.2.